The van der Waals surface area contributed by atoms with Crippen molar-refractivity contribution in [3.63, 3.8) is 0 Å². The third kappa shape index (κ3) is 3.67. The van der Waals surface area contributed by atoms with Crippen molar-refractivity contribution in [2.24, 2.45) is 7.05 Å². The van der Waals surface area contributed by atoms with Crippen LogP contribution in [0.15, 0.2) is 18.3 Å². The molecule has 1 N–H and O–H groups in total. The second-order valence-electron chi connectivity index (χ2n) is 8.01. The molecule has 0 spiro atoms. The van der Waals surface area contributed by atoms with E-state index in [1.807, 2.05) is 18.7 Å². The molecule has 0 amide bonds. The van der Waals surface area contributed by atoms with Crippen LogP contribution in [0.3, 0.4) is 0 Å². The summed E-state index contributed by atoms with van der Waals surface area (Å²) in [5.74, 6) is -4.69. The van der Waals surface area contributed by atoms with Crippen molar-refractivity contribution < 1.29 is 31.8 Å². The maximum absolute atomic E-state index is 14.6. The molecule has 0 unspecified atom stereocenters. The number of hydrogen-bond donors (Lipinski definition) is 1. The van der Waals surface area contributed by atoms with E-state index in [2.05, 4.69) is 10.1 Å². The number of fused-ring (bicyclic) bond motifs is 1. The van der Waals surface area contributed by atoms with E-state index in [9.17, 15) is 27.1 Å². The standard InChI is InChI=1S/C20H19F5N4O2/c1-19(2)9-29(4-5-31-19)14-7-13-11(8-26-14)17(27-28(13)3)10-6-12(20(23,24)25)16(22)18(30)15(10)21/h6-8,30H,4-5,9H2,1-3H3. The van der Waals surface area contributed by atoms with E-state index in [0.29, 0.717) is 37.1 Å². The number of anilines is 1. The maximum atomic E-state index is 14.6. The molecule has 0 radical (unpaired) electrons. The van der Waals surface area contributed by atoms with Crippen molar-refractivity contribution >= 4 is 16.7 Å². The summed E-state index contributed by atoms with van der Waals surface area (Å²) in [5.41, 5.74) is -2.52. The van der Waals surface area contributed by atoms with Gasteiger partial charge in [-0.3, -0.25) is 4.68 Å². The third-order valence-electron chi connectivity index (χ3n) is 5.21. The lowest BCUT2D eigenvalue weighted by Gasteiger charge is -2.38. The SMILES string of the molecule is Cn1nc(-c2cc(C(F)(F)F)c(F)c(O)c2F)c2cnc(N3CCOC(C)(C)C3)cc21. The van der Waals surface area contributed by atoms with Crippen LogP contribution >= 0.6 is 0 Å². The summed E-state index contributed by atoms with van der Waals surface area (Å²) in [6, 6.07) is 2.00. The minimum Gasteiger partial charge on any atom is -0.503 e. The molecule has 1 fully saturated rings. The zero-order valence-corrected chi connectivity index (χ0v) is 16.9. The first-order chi connectivity index (χ1) is 14.4. The number of halogens is 5. The molecular weight excluding hydrogens is 423 g/mol. The summed E-state index contributed by atoms with van der Waals surface area (Å²) in [6.07, 6.45) is -3.74. The summed E-state index contributed by atoms with van der Waals surface area (Å²) in [5, 5.41) is 14.0. The maximum Gasteiger partial charge on any atom is 0.419 e. The van der Waals surface area contributed by atoms with E-state index >= 15 is 0 Å². The number of phenols is 1. The molecule has 3 heterocycles. The molecule has 1 aliphatic rings. The highest BCUT2D eigenvalue weighted by Gasteiger charge is 2.38. The van der Waals surface area contributed by atoms with Gasteiger partial charge in [0.05, 0.1) is 23.3 Å². The average Bonchev–Trinajstić information content (AvgIpc) is 3.00. The number of benzene rings is 1. The van der Waals surface area contributed by atoms with Gasteiger partial charge in [0.2, 0.25) is 0 Å². The fourth-order valence-electron chi connectivity index (χ4n) is 3.73. The largest absolute Gasteiger partial charge is 0.503 e. The number of aryl methyl sites for hydroxylation is 1. The molecule has 3 aromatic rings. The molecule has 4 rings (SSSR count). The van der Waals surface area contributed by atoms with E-state index in [1.165, 1.54) is 10.9 Å². The van der Waals surface area contributed by atoms with Gasteiger partial charge < -0.3 is 14.7 Å². The van der Waals surface area contributed by atoms with Crippen LogP contribution in [0.5, 0.6) is 5.75 Å². The van der Waals surface area contributed by atoms with Gasteiger partial charge in [0.15, 0.2) is 17.4 Å². The van der Waals surface area contributed by atoms with Gasteiger partial charge in [-0.2, -0.15) is 18.3 Å². The molecule has 11 heteroatoms. The highest BCUT2D eigenvalue weighted by Crippen LogP contribution is 2.41. The van der Waals surface area contributed by atoms with Gasteiger partial charge in [-0.25, -0.2) is 13.8 Å². The van der Waals surface area contributed by atoms with Crippen LogP contribution in [0.2, 0.25) is 0 Å². The van der Waals surface area contributed by atoms with Crippen LogP contribution in [-0.4, -0.2) is 45.2 Å². The molecule has 6 nitrogen and oxygen atoms in total. The molecule has 1 aliphatic heterocycles. The molecule has 1 aromatic carbocycles. The zero-order chi connectivity index (χ0) is 22.7. The molecule has 2 aromatic heterocycles. The number of phenolic OH excluding ortho intramolecular Hbond substituents is 1. The number of aromatic nitrogens is 3. The van der Waals surface area contributed by atoms with E-state index in [0.717, 1.165) is 0 Å². The topological polar surface area (TPSA) is 63.4 Å². The minimum absolute atomic E-state index is 0.183. The summed E-state index contributed by atoms with van der Waals surface area (Å²) in [7, 11) is 1.55. The van der Waals surface area contributed by atoms with Crippen LogP contribution in [0.25, 0.3) is 22.2 Å². The predicted octanol–water partition coefficient (Wildman–Crippen LogP) is 4.25. The summed E-state index contributed by atoms with van der Waals surface area (Å²) in [6.45, 7) is 5.57. The van der Waals surface area contributed by atoms with E-state index in [4.69, 9.17) is 4.74 Å². The Morgan fingerprint density at radius 3 is 2.52 bits per heavy atom. The van der Waals surface area contributed by atoms with Crippen LogP contribution < -0.4 is 4.90 Å². The number of aromatic hydroxyl groups is 1. The van der Waals surface area contributed by atoms with Gasteiger partial charge in [0.1, 0.15) is 11.5 Å². The Bertz CT molecular complexity index is 1170. The van der Waals surface area contributed by atoms with E-state index in [1.54, 1.807) is 13.1 Å². The number of morpholine rings is 1. The number of ether oxygens (including phenoxy) is 1. The zero-order valence-electron chi connectivity index (χ0n) is 16.9. The van der Waals surface area contributed by atoms with Crippen LogP contribution in [0.1, 0.15) is 19.4 Å². The number of nitrogens with zero attached hydrogens (tertiary/aromatic N) is 4. The number of pyridine rings is 1. The van der Waals surface area contributed by atoms with Crippen LogP contribution in [0.4, 0.5) is 27.8 Å². The molecule has 166 valence electrons. The molecule has 0 atom stereocenters. The van der Waals surface area contributed by atoms with Gasteiger partial charge >= 0.3 is 6.18 Å². The smallest absolute Gasteiger partial charge is 0.419 e. The Morgan fingerprint density at radius 1 is 1.16 bits per heavy atom. The third-order valence-corrected chi connectivity index (χ3v) is 5.21. The Morgan fingerprint density at radius 2 is 1.87 bits per heavy atom. The van der Waals surface area contributed by atoms with Gasteiger partial charge in [-0.1, -0.05) is 0 Å². The monoisotopic (exact) mass is 442 g/mol. The highest BCUT2D eigenvalue weighted by molar-refractivity contribution is 5.94. The lowest BCUT2D eigenvalue weighted by molar-refractivity contribution is -0.140. The van der Waals surface area contributed by atoms with Gasteiger partial charge in [-0.15, -0.1) is 0 Å². The Balaban J connectivity index is 1.85. The van der Waals surface area contributed by atoms with E-state index in [-0.39, 0.29) is 16.7 Å². The molecule has 0 bridgehead atoms. The minimum atomic E-state index is -5.12. The molecule has 0 aliphatic carbocycles. The van der Waals surface area contributed by atoms with Crippen LogP contribution in [0, 0.1) is 11.6 Å². The molecule has 1 saturated heterocycles. The Labute approximate surface area is 173 Å². The first-order valence-electron chi connectivity index (χ1n) is 9.39. The first kappa shape index (κ1) is 21.3. The van der Waals surface area contributed by atoms with Gasteiger partial charge in [-0.05, 0) is 19.9 Å². The van der Waals surface area contributed by atoms with Gasteiger partial charge in [0.25, 0.3) is 0 Å². The summed E-state index contributed by atoms with van der Waals surface area (Å²) in [4.78, 5) is 6.37. The lowest BCUT2D eigenvalue weighted by atomic mass is 10.0. The van der Waals surface area contributed by atoms with Crippen molar-refractivity contribution in [1.82, 2.24) is 14.8 Å². The van der Waals surface area contributed by atoms with Crippen molar-refractivity contribution in [2.45, 2.75) is 25.6 Å². The second kappa shape index (κ2) is 7.04. The van der Waals surface area contributed by atoms with Gasteiger partial charge in [0, 0.05) is 43.4 Å². The first-order valence-corrected chi connectivity index (χ1v) is 9.39. The molecular formula is C20H19F5N4O2. The normalized spacial score (nSPS) is 16.8. The van der Waals surface area contributed by atoms with Crippen molar-refractivity contribution in [3.8, 4) is 17.0 Å². The van der Waals surface area contributed by atoms with E-state index < -0.39 is 34.7 Å². The summed E-state index contributed by atoms with van der Waals surface area (Å²) < 4.78 is 75.0. The van der Waals surface area contributed by atoms with Crippen molar-refractivity contribution in [3.05, 3.63) is 35.5 Å². The number of alkyl halides is 3. The summed E-state index contributed by atoms with van der Waals surface area (Å²) >= 11 is 0. The predicted molar refractivity (Wildman–Crippen MR) is 103 cm³/mol. The number of hydrogen-bond acceptors (Lipinski definition) is 5. The van der Waals surface area contributed by atoms with Crippen LogP contribution in [-0.2, 0) is 18.0 Å². The molecule has 0 saturated carbocycles. The quantitative estimate of drug-likeness (QED) is 0.602. The Hall–Kier alpha value is -2.95. The average molecular weight is 442 g/mol. The Kier molecular flexibility index (Phi) is 4.84. The highest BCUT2D eigenvalue weighted by atomic mass is 19.4. The van der Waals surface area contributed by atoms with Crippen molar-refractivity contribution in [2.75, 3.05) is 24.6 Å². The fraction of sp³-hybridized carbons (Fsp3) is 0.400. The second-order valence-corrected chi connectivity index (χ2v) is 8.01. The lowest BCUT2D eigenvalue weighted by Crippen LogP contribution is -2.48. The number of rotatable bonds is 2. The van der Waals surface area contributed by atoms with Crippen molar-refractivity contribution in [1.29, 1.82) is 0 Å². The fourth-order valence-corrected chi connectivity index (χ4v) is 3.73. The molecule has 31 heavy (non-hydrogen) atoms.